The average Bonchev–Trinajstić information content (AvgIpc) is 2.24. The van der Waals surface area contributed by atoms with Crippen molar-refractivity contribution in [3.8, 4) is 5.88 Å². The van der Waals surface area contributed by atoms with Crippen LogP contribution < -0.4 is 10.5 Å². The molecular weight excluding hydrogens is 192 g/mol. The van der Waals surface area contributed by atoms with Crippen LogP contribution in [0.2, 0.25) is 0 Å². The molecule has 0 unspecified atom stereocenters. The second kappa shape index (κ2) is 3.79. The van der Waals surface area contributed by atoms with Gasteiger partial charge in [-0.15, -0.1) is 0 Å². The zero-order valence-electron chi connectivity index (χ0n) is 8.81. The summed E-state index contributed by atoms with van der Waals surface area (Å²) in [6.45, 7) is 0.553. The zero-order chi connectivity index (χ0) is 10.9. The Balaban J connectivity index is 2.27. The van der Waals surface area contributed by atoms with Gasteiger partial charge in [-0.3, -0.25) is 0 Å². The first-order valence-electron chi connectivity index (χ1n) is 5.09. The van der Waals surface area contributed by atoms with Gasteiger partial charge in [-0.25, -0.2) is 4.98 Å². The Morgan fingerprint density at radius 3 is 2.93 bits per heavy atom. The highest BCUT2D eigenvalue weighted by atomic mass is 16.5. The minimum Gasteiger partial charge on any atom is -0.481 e. The Kier molecular flexibility index (Phi) is 2.63. The molecule has 4 heteroatoms. The normalized spacial score (nSPS) is 29.7. The number of pyridine rings is 1. The number of aliphatic hydroxyl groups excluding tert-OH is 1. The van der Waals surface area contributed by atoms with Gasteiger partial charge >= 0.3 is 0 Å². The minimum absolute atomic E-state index is 0.0738. The number of rotatable bonds is 3. The van der Waals surface area contributed by atoms with Crippen molar-refractivity contribution >= 4 is 0 Å². The Morgan fingerprint density at radius 2 is 2.40 bits per heavy atom. The van der Waals surface area contributed by atoms with Gasteiger partial charge in [0.25, 0.3) is 0 Å². The van der Waals surface area contributed by atoms with Crippen LogP contribution in [-0.2, 0) is 5.41 Å². The van der Waals surface area contributed by atoms with E-state index >= 15 is 0 Å². The molecule has 0 radical (unpaired) electrons. The number of methoxy groups -OCH3 is 1. The molecule has 1 aromatic rings. The van der Waals surface area contributed by atoms with Crippen molar-refractivity contribution in [2.24, 2.45) is 5.73 Å². The van der Waals surface area contributed by atoms with E-state index in [-0.39, 0.29) is 11.5 Å². The maximum Gasteiger partial charge on any atom is 0.213 e. The molecule has 0 atom stereocenters. The second-order valence-electron chi connectivity index (χ2n) is 4.13. The summed E-state index contributed by atoms with van der Waals surface area (Å²) >= 11 is 0. The summed E-state index contributed by atoms with van der Waals surface area (Å²) in [5.74, 6) is 0.599. The van der Waals surface area contributed by atoms with E-state index in [0.717, 1.165) is 18.4 Å². The average molecular weight is 208 g/mol. The highest BCUT2D eigenvalue weighted by Gasteiger charge is 2.43. The first-order chi connectivity index (χ1) is 7.20. The molecule has 0 aromatic carbocycles. The Bertz CT molecular complexity index is 348. The lowest BCUT2D eigenvalue weighted by molar-refractivity contribution is 0.0220. The van der Waals surface area contributed by atoms with Gasteiger partial charge in [-0.05, 0) is 24.5 Å². The SMILES string of the molecule is COc1cc(C2(CN)CC(O)C2)ccn1. The summed E-state index contributed by atoms with van der Waals surface area (Å²) in [6.07, 6.45) is 2.97. The molecule has 1 aliphatic rings. The number of hydrogen-bond donors (Lipinski definition) is 2. The monoisotopic (exact) mass is 208 g/mol. The first kappa shape index (κ1) is 10.4. The van der Waals surface area contributed by atoms with Gasteiger partial charge in [-0.1, -0.05) is 0 Å². The van der Waals surface area contributed by atoms with Gasteiger partial charge in [0.15, 0.2) is 0 Å². The number of nitrogens with zero attached hydrogens (tertiary/aromatic N) is 1. The van der Waals surface area contributed by atoms with Crippen LogP contribution in [0.1, 0.15) is 18.4 Å². The molecule has 1 saturated carbocycles. The standard InChI is InChI=1S/C11H16N2O2/c1-15-10-4-8(2-3-13-10)11(7-12)5-9(14)6-11/h2-4,9,14H,5-7,12H2,1H3. The van der Waals surface area contributed by atoms with Crippen molar-refractivity contribution in [3.63, 3.8) is 0 Å². The third-order valence-corrected chi connectivity index (χ3v) is 3.20. The molecule has 1 heterocycles. The van der Waals surface area contributed by atoms with Gasteiger partial charge in [0, 0.05) is 24.2 Å². The summed E-state index contributed by atoms with van der Waals surface area (Å²) < 4.78 is 5.08. The van der Waals surface area contributed by atoms with Crippen LogP contribution in [0.4, 0.5) is 0 Å². The lowest BCUT2D eigenvalue weighted by Gasteiger charge is -2.45. The van der Waals surface area contributed by atoms with Gasteiger partial charge in [0.05, 0.1) is 13.2 Å². The number of aromatic nitrogens is 1. The van der Waals surface area contributed by atoms with Crippen LogP contribution in [-0.4, -0.2) is 29.8 Å². The molecular formula is C11H16N2O2. The van der Waals surface area contributed by atoms with E-state index in [2.05, 4.69) is 4.98 Å². The summed E-state index contributed by atoms with van der Waals surface area (Å²) in [5, 5.41) is 9.40. The number of hydrogen-bond acceptors (Lipinski definition) is 4. The van der Waals surface area contributed by atoms with Gasteiger partial charge in [0.2, 0.25) is 5.88 Å². The summed E-state index contributed by atoms with van der Waals surface area (Å²) in [7, 11) is 1.59. The van der Waals surface area contributed by atoms with E-state index in [0.29, 0.717) is 12.4 Å². The summed E-state index contributed by atoms with van der Waals surface area (Å²) in [6, 6.07) is 3.85. The van der Waals surface area contributed by atoms with Crippen molar-refractivity contribution in [2.45, 2.75) is 24.4 Å². The number of ether oxygens (including phenoxy) is 1. The molecule has 0 saturated heterocycles. The topological polar surface area (TPSA) is 68.4 Å². The first-order valence-corrected chi connectivity index (χ1v) is 5.09. The molecule has 0 spiro atoms. The van der Waals surface area contributed by atoms with Crippen molar-refractivity contribution in [1.29, 1.82) is 0 Å². The van der Waals surface area contributed by atoms with Gasteiger partial charge < -0.3 is 15.6 Å². The lowest BCUT2D eigenvalue weighted by Crippen LogP contribution is -2.49. The molecule has 1 aromatic heterocycles. The van der Waals surface area contributed by atoms with Crippen molar-refractivity contribution in [2.75, 3.05) is 13.7 Å². The third-order valence-electron chi connectivity index (χ3n) is 3.20. The molecule has 1 aliphatic carbocycles. The third kappa shape index (κ3) is 1.70. The number of nitrogens with two attached hydrogens (primary N) is 1. The fraction of sp³-hybridized carbons (Fsp3) is 0.545. The largest absolute Gasteiger partial charge is 0.481 e. The van der Waals surface area contributed by atoms with Gasteiger partial charge in [-0.2, -0.15) is 0 Å². The van der Waals surface area contributed by atoms with Gasteiger partial charge in [0.1, 0.15) is 0 Å². The van der Waals surface area contributed by atoms with E-state index in [1.165, 1.54) is 0 Å². The van der Waals surface area contributed by atoms with E-state index in [1.807, 2.05) is 12.1 Å². The van der Waals surface area contributed by atoms with E-state index < -0.39 is 0 Å². The molecule has 82 valence electrons. The highest BCUT2D eigenvalue weighted by Crippen LogP contribution is 2.43. The maximum atomic E-state index is 9.40. The van der Waals surface area contributed by atoms with Crippen LogP contribution in [0.3, 0.4) is 0 Å². The van der Waals surface area contributed by atoms with Crippen LogP contribution in [0.15, 0.2) is 18.3 Å². The maximum absolute atomic E-state index is 9.40. The minimum atomic E-state index is -0.215. The predicted molar refractivity (Wildman–Crippen MR) is 56.8 cm³/mol. The highest BCUT2D eigenvalue weighted by molar-refractivity contribution is 5.32. The summed E-state index contributed by atoms with van der Waals surface area (Å²) in [5.41, 5.74) is 6.82. The second-order valence-corrected chi connectivity index (χ2v) is 4.13. The van der Waals surface area contributed by atoms with Crippen LogP contribution >= 0.6 is 0 Å². The summed E-state index contributed by atoms with van der Waals surface area (Å²) in [4.78, 5) is 4.06. The van der Waals surface area contributed by atoms with Crippen LogP contribution in [0.5, 0.6) is 5.88 Å². The predicted octanol–water partition coefficient (Wildman–Crippen LogP) is 0.441. The van der Waals surface area contributed by atoms with Crippen molar-refractivity contribution in [3.05, 3.63) is 23.9 Å². The molecule has 3 N–H and O–H groups in total. The molecule has 2 rings (SSSR count). The number of aliphatic hydroxyl groups is 1. The molecule has 0 bridgehead atoms. The molecule has 4 nitrogen and oxygen atoms in total. The Morgan fingerprint density at radius 1 is 1.67 bits per heavy atom. The van der Waals surface area contributed by atoms with Crippen molar-refractivity contribution < 1.29 is 9.84 Å². The van der Waals surface area contributed by atoms with E-state index in [9.17, 15) is 5.11 Å². The van der Waals surface area contributed by atoms with Crippen LogP contribution in [0.25, 0.3) is 0 Å². The lowest BCUT2D eigenvalue weighted by atomic mass is 9.63. The molecule has 1 fully saturated rings. The van der Waals surface area contributed by atoms with Crippen LogP contribution in [0, 0.1) is 0 Å². The molecule has 0 aliphatic heterocycles. The fourth-order valence-corrected chi connectivity index (χ4v) is 2.21. The molecule has 15 heavy (non-hydrogen) atoms. The van der Waals surface area contributed by atoms with Crippen molar-refractivity contribution in [1.82, 2.24) is 4.98 Å². The van der Waals surface area contributed by atoms with E-state index in [4.69, 9.17) is 10.5 Å². The quantitative estimate of drug-likeness (QED) is 0.756. The smallest absolute Gasteiger partial charge is 0.213 e. The molecule has 0 amide bonds. The Labute approximate surface area is 89.1 Å². The Hall–Kier alpha value is -1.13. The van der Waals surface area contributed by atoms with E-state index in [1.54, 1.807) is 13.3 Å². The zero-order valence-corrected chi connectivity index (χ0v) is 8.81. The fourth-order valence-electron chi connectivity index (χ4n) is 2.21.